The van der Waals surface area contributed by atoms with Crippen molar-refractivity contribution in [1.82, 2.24) is 5.43 Å². The lowest BCUT2D eigenvalue weighted by Crippen LogP contribution is -2.20. The van der Waals surface area contributed by atoms with Crippen molar-refractivity contribution >= 4 is 31.9 Å². The molecule has 0 atom stereocenters. The van der Waals surface area contributed by atoms with Gasteiger partial charge in [0.1, 0.15) is 0 Å². The molecule has 0 spiro atoms. The van der Waals surface area contributed by atoms with Crippen molar-refractivity contribution in [1.29, 1.82) is 0 Å². The number of hydrazine groups is 1. The Hall–Kier alpha value is 0.1000. The molecule has 0 radical (unpaired) electrons. The van der Waals surface area contributed by atoms with Gasteiger partial charge in [-0.1, -0.05) is 31.9 Å². The summed E-state index contributed by atoms with van der Waals surface area (Å²) < 4.78 is 2.11. The first kappa shape index (κ1) is 9.19. The van der Waals surface area contributed by atoms with Gasteiger partial charge < -0.3 is 0 Å². The second kappa shape index (κ2) is 4.21. The highest BCUT2D eigenvalue weighted by Crippen LogP contribution is 2.19. The van der Waals surface area contributed by atoms with E-state index in [4.69, 9.17) is 5.84 Å². The third kappa shape index (κ3) is 2.91. The molecule has 0 fully saturated rings. The average Bonchev–Trinajstić information content (AvgIpc) is 1.85. The normalized spacial score (nSPS) is 10.1. The van der Waals surface area contributed by atoms with Gasteiger partial charge in [-0.25, -0.2) is 0 Å². The fourth-order valence-electron chi connectivity index (χ4n) is 0.831. The molecular formula is C7H8Br2N2. The van der Waals surface area contributed by atoms with Crippen LogP contribution in [-0.4, -0.2) is 0 Å². The van der Waals surface area contributed by atoms with Gasteiger partial charge in [-0.15, -0.1) is 0 Å². The number of nitrogens with one attached hydrogen (secondary N) is 1. The standard InChI is InChI=1S/C7H8Br2N2/c8-6-1-5(4-11-10)2-7(9)3-6/h1-3,11H,4,10H2. The van der Waals surface area contributed by atoms with Crippen molar-refractivity contribution in [3.8, 4) is 0 Å². The van der Waals surface area contributed by atoms with Crippen LogP contribution in [0.3, 0.4) is 0 Å². The predicted molar refractivity (Wildman–Crippen MR) is 52.9 cm³/mol. The molecule has 4 heteroatoms. The summed E-state index contributed by atoms with van der Waals surface area (Å²) in [4.78, 5) is 0. The molecule has 1 aromatic rings. The second-order valence-corrected chi connectivity index (χ2v) is 3.99. The van der Waals surface area contributed by atoms with E-state index in [9.17, 15) is 0 Å². The zero-order chi connectivity index (χ0) is 8.27. The van der Waals surface area contributed by atoms with Crippen LogP contribution in [0.1, 0.15) is 5.56 Å². The van der Waals surface area contributed by atoms with Crippen molar-refractivity contribution in [3.05, 3.63) is 32.7 Å². The van der Waals surface area contributed by atoms with Crippen LogP contribution in [0.25, 0.3) is 0 Å². The van der Waals surface area contributed by atoms with Crippen LogP contribution in [0.15, 0.2) is 27.1 Å². The number of rotatable bonds is 2. The van der Waals surface area contributed by atoms with E-state index < -0.39 is 0 Å². The third-order valence-electron chi connectivity index (χ3n) is 1.23. The van der Waals surface area contributed by atoms with E-state index in [1.165, 1.54) is 0 Å². The summed E-state index contributed by atoms with van der Waals surface area (Å²) in [5.41, 5.74) is 3.74. The van der Waals surface area contributed by atoms with E-state index >= 15 is 0 Å². The van der Waals surface area contributed by atoms with E-state index in [-0.39, 0.29) is 0 Å². The van der Waals surface area contributed by atoms with Crippen LogP contribution in [0.4, 0.5) is 0 Å². The molecule has 60 valence electrons. The number of benzene rings is 1. The predicted octanol–water partition coefficient (Wildman–Crippen LogP) is 2.17. The fraction of sp³-hybridized carbons (Fsp3) is 0.143. The van der Waals surface area contributed by atoms with Crippen molar-refractivity contribution in [2.75, 3.05) is 0 Å². The van der Waals surface area contributed by atoms with Gasteiger partial charge in [0.25, 0.3) is 0 Å². The number of hydrogen-bond acceptors (Lipinski definition) is 2. The maximum atomic E-state index is 5.18. The molecular weight excluding hydrogens is 272 g/mol. The smallest absolute Gasteiger partial charge is 0.0349 e. The fourth-order valence-corrected chi connectivity index (χ4v) is 2.22. The van der Waals surface area contributed by atoms with Crippen LogP contribution in [-0.2, 0) is 6.54 Å². The molecule has 2 nitrogen and oxygen atoms in total. The molecule has 0 aliphatic heterocycles. The highest BCUT2D eigenvalue weighted by Gasteiger charge is 1.95. The van der Waals surface area contributed by atoms with Crippen molar-refractivity contribution in [2.45, 2.75) is 6.54 Å². The van der Waals surface area contributed by atoms with Gasteiger partial charge in [0.2, 0.25) is 0 Å². The number of halogens is 2. The topological polar surface area (TPSA) is 38.0 Å². The quantitative estimate of drug-likeness (QED) is 0.643. The largest absolute Gasteiger partial charge is 0.271 e. The number of nitrogens with two attached hydrogens (primary N) is 1. The van der Waals surface area contributed by atoms with E-state index in [1.54, 1.807) is 0 Å². The first-order chi connectivity index (χ1) is 5.22. The SMILES string of the molecule is NNCc1cc(Br)cc(Br)c1. The van der Waals surface area contributed by atoms with E-state index in [0.29, 0.717) is 6.54 Å². The van der Waals surface area contributed by atoms with Gasteiger partial charge >= 0.3 is 0 Å². The highest BCUT2D eigenvalue weighted by molar-refractivity contribution is 9.11. The maximum Gasteiger partial charge on any atom is 0.0349 e. The monoisotopic (exact) mass is 278 g/mol. The molecule has 3 N–H and O–H groups in total. The molecule has 0 unspecified atom stereocenters. The molecule has 0 aromatic heterocycles. The van der Waals surface area contributed by atoms with Gasteiger partial charge in [0.15, 0.2) is 0 Å². The zero-order valence-electron chi connectivity index (χ0n) is 5.77. The summed E-state index contributed by atoms with van der Waals surface area (Å²) in [6.45, 7) is 0.679. The molecule has 0 amide bonds. The molecule has 0 saturated heterocycles. The van der Waals surface area contributed by atoms with E-state index in [2.05, 4.69) is 37.3 Å². The Morgan fingerprint density at radius 3 is 2.18 bits per heavy atom. The second-order valence-electron chi connectivity index (χ2n) is 2.16. The van der Waals surface area contributed by atoms with Crippen molar-refractivity contribution in [2.24, 2.45) is 5.84 Å². The lowest BCUT2D eigenvalue weighted by molar-refractivity contribution is 0.741. The highest BCUT2D eigenvalue weighted by atomic mass is 79.9. The van der Waals surface area contributed by atoms with Gasteiger partial charge in [-0.3, -0.25) is 11.3 Å². The summed E-state index contributed by atoms with van der Waals surface area (Å²) in [6.07, 6.45) is 0. The van der Waals surface area contributed by atoms with Gasteiger partial charge in [-0.2, -0.15) is 0 Å². The minimum Gasteiger partial charge on any atom is -0.271 e. The lowest BCUT2D eigenvalue weighted by atomic mass is 10.2. The molecule has 1 rings (SSSR count). The average molecular weight is 280 g/mol. The Labute approximate surface area is 82.4 Å². The molecule has 0 saturated carbocycles. The van der Waals surface area contributed by atoms with Crippen molar-refractivity contribution in [3.63, 3.8) is 0 Å². The Kier molecular flexibility index (Phi) is 3.51. The maximum absolute atomic E-state index is 5.18. The van der Waals surface area contributed by atoms with Crippen LogP contribution < -0.4 is 11.3 Å². The minimum absolute atomic E-state index is 0.679. The molecule has 11 heavy (non-hydrogen) atoms. The van der Waals surface area contributed by atoms with Crippen LogP contribution >= 0.6 is 31.9 Å². The molecule has 0 heterocycles. The van der Waals surface area contributed by atoms with Gasteiger partial charge in [-0.05, 0) is 23.8 Å². The summed E-state index contributed by atoms with van der Waals surface area (Å²) >= 11 is 6.77. The molecule has 0 aliphatic carbocycles. The van der Waals surface area contributed by atoms with E-state index in [0.717, 1.165) is 14.5 Å². The molecule has 0 bridgehead atoms. The van der Waals surface area contributed by atoms with Gasteiger partial charge in [0, 0.05) is 15.5 Å². The Bertz CT molecular complexity index is 230. The van der Waals surface area contributed by atoms with Crippen molar-refractivity contribution < 1.29 is 0 Å². The third-order valence-corrected chi connectivity index (χ3v) is 2.14. The summed E-state index contributed by atoms with van der Waals surface area (Å²) in [5, 5.41) is 0. The Morgan fingerprint density at radius 2 is 1.73 bits per heavy atom. The van der Waals surface area contributed by atoms with Crippen LogP contribution in [0.2, 0.25) is 0 Å². The van der Waals surface area contributed by atoms with Crippen LogP contribution in [0.5, 0.6) is 0 Å². The summed E-state index contributed by atoms with van der Waals surface area (Å²) in [7, 11) is 0. The van der Waals surface area contributed by atoms with E-state index in [1.807, 2.05) is 18.2 Å². The minimum atomic E-state index is 0.679. The number of hydrogen-bond donors (Lipinski definition) is 2. The molecule has 1 aromatic carbocycles. The Balaban J connectivity index is 2.89. The van der Waals surface area contributed by atoms with Gasteiger partial charge in [0.05, 0.1) is 0 Å². The molecule has 0 aliphatic rings. The Morgan fingerprint density at radius 1 is 1.18 bits per heavy atom. The first-order valence-corrected chi connectivity index (χ1v) is 4.69. The summed E-state index contributed by atoms with van der Waals surface area (Å²) in [5.74, 6) is 5.18. The lowest BCUT2D eigenvalue weighted by Gasteiger charge is -2.01. The summed E-state index contributed by atoms with van der Waals surface area (Å²) in [6, 6.07) is 6.02. The first-order valence-electron chi connectivity index (χ1n) is 3.11. The zero-order valence-corrected chi connectivity index (χ0v) is 8.94. The van der Waals surface area contributed by atoms with Crippen LogP contribution in [0, 0.1) is 0 Å².